The number of hydrogen-bond acceptors (Lipinski definition) is 3. The molecule has 0 atom stereocenters. The standard InChI is InChI=1S/C14H19ClN2O2S/c1-3-10(4-2)17-13(18)8-19-12-6-5-9(14(16)20)7-11(12)15/h5-7,10H,3-4,8H2,1-2H3,(H2,16,20)(H,17,18). The van der Waals surface area contributed by atoms with Crippen LogP contribution in [-0.2, 0) is 4.79 Å². The molecule has 110 valence electrons. The maximum Gasteiger partial charge on any atom is 0.258 e. The summed E-state index contributed by atoms with van der Waals surface area (Å²) >= 11 is 10.9. The van der Waals surface area contributed by atoms with Crippen LogP contribution in [0.15, 0.2) is 18.2 Å². The van der Waals surface area contributed by atoms with E-state index in [0.717, 1.165) is 12.8 Å². The van der Waals surface area contributed by atoms with Gasteiger partial charge in [0.05, 0.1) is 5.02 Å². The lowest BCUT2D eigenvalue weighted by molar-refractivity contribution is -0.123. The van der Waals surface area contributed by atoms with Crippen LogP contribution in [0.25, 0.3) is 0 Å². The van der Waals surface area contributed by atoms with E-state index < -0.39 is 0 Å². The minimum atomic E-state index is -0.159. The van der Waals surface area contributed by atoms with E-state index in [4.69, 9.17) is 34.3 Å². The maximum absolute atomic E-state index is 11.7. The maximum atomic E-state index is 11.7. The quantitative estimate of drug-likeness (QED) is 0.759. The van der Waals surface area contributed by atoms with Crippen molar-refractivity contribution >= 4 is 34.7 Å². The molecule has 0 aromatic heterocycles. The summed E-state index contributed by atoms with van der Waals surface area (Å²) in [4.78, 5) is 12.0. The first-order chi connectivity index (χ1) is 9.47. The number of nitrogens with two attached hydrogens (primary N) is 1. The lowest BCUT2D eigenvalue weighted by atomic mass is 10.2. The van der Waals surface area contributed by atoms with Gasteiger partial charge in [0.25, 0.3) is 5.91 Å². The number of halogens is 1. The second-order valence-corrected chi connectivity index (χ2v) is 5.23. The van der Waals surface area contributed by atoms with E-state index in [1.54, 1.807) is 18.2 Å². The molecule has 1 aromatic rings. The Morgan fingerprint density at radius 3 is 2.60 bits per heavy atom. The lowest BCUT2D eigenvalue weighted by Gasteiger charge is -2.15. The highest BCUT2D eigenvalue weighted by molar-refractivity contribution is 7.80. The highest BCUT2D eigenvalue weighted by Gasteiger charge is 2.10. The Morgan fingerprint density at radius 2 is 2.10 bits per heavy atom. The molecule has 1 aromatic carbocycles. The number of amides is 1. The van der Waals surface area contributed by atoms with Crippen LogP contribution in [0, 0.1) is 0 Å². The Labute approximate surface area is 129 Å². The molecular weight excluding hydrogens is 296 g/mol. The molecule has 1 amide bonds. The van der Waals surface area contributed by atoms with Crippen molar-refractivity contribution in [3.8, 4) is 5.75 Å². The van der Waals surface area contributed by atoms with Crippen molar-refractivity contribution in [2.45, 2.75) is 32.7 Å². The third-order valence-corrected chi connectivity index (χ3v) is 3.46. The van der Waals surface area contributed by atoms with Gasteiger partial charge in [-0.3, -0.25) is 4.79 Å². The molecule has 0 fully saturated rings. The molecule has 0 saturated carbocycles. The molecule has 0 saturated heterocycles. The second-order valence-electron chi connectivity index (χ2n) is 4.38. The van der Waals surface area contributed by atoms with Crippen LogP contribution in [0.1, 0.15) is 32.3 Å². The minimum absolute atomic E-state index is 0.0668. The minimum Gasteiger partial charge on any atom is -0.482 e. The molecular formula is C14H19ClN2O2S. The molecule has 0 aliphatic heterocycles. The van der Waals surface area contributed by atoms with E-state index in [1.807, 2.05) is 13.8 Å². The van der Waals surface area contributed by atoms with Gasteiger partial charge >= 0.3 is 0 Å². The van der Waals surface area contributed by atoms with Gasteiger partial charge in [-0.1, -0.05) is 37.7 Å². The monoisotopic (exact) mass is 314 g/mol. The molecule has 20 heavy (non-hydrogen) atoms. The molecule has 0 aliphatic carbocycles. The topological polar surface area (TPSA) is 64.3 Å². The third kappa shape index (κ3) is 4.98. The Bertz CT molecular complexity index is 490. The summed E-state index contributed by atoms with van der Waals surface area (Å²) in [5.74, 6) is 0.277. The molecule has 4 nitrogen and oxygen atoms in total. The summed E-state index contributed by atoms with van der Waals surface area (Å²) in [6, 6.07) is 5.17. The van der Waals surface area contributed by atoms with Crippen LogP contribution >= 0.6 is 23.8 Å². The van der Waals surface area contributed by atoms with Crippen molar-refractivity contribution in [2.75, 3.05) is 6.61 Å². The van der Waals surface area contributed by atoms with Crippen molar-refractivity contribution in [1.29, 1.82) is 0 Å². The smallest absolute Gasteiger partial charge is 0.258 e. The molecule has 0 bridgehead atoms. The molecule has 0 heterocycles. The fourth-order valence-corrected chi connectivity index (χ4v) is 2.04. The SMILES string of the molecule is CCC(CC)NC(=O)COc1ccc(C(N)=S)cc1Cl. The number of benzene rings is 1. The van der Waals surface area contributed by atoms with Crippen LogP contribution in [0.5, 0.6) is 5.75 Å². The number of thiocarbonyl (C=S) groups is 1. The molecule has 3 N–H and O–H groups in total. The largest absolute Gasteiger partial charge is 0.482 e. The summed E-state index contributed by atoms with van der Waals surface area (Å²) in [6.07, 6.45) is 1.79. The number of rotatable bonds is 7. The molecule has 6 heteroatoms. The number of ether oxygens (including phenoxy) is 1. The van der Waals surface area contributed by atoms with Crippen LogP contribution in [-0.4, -0.2) is 23.5 Å². The average Bonchev–Trinajstić information content (AvgIpc) is 2.43. The number of nitrogens with one attached hydrogen (secondary N) is 1. The van der Waals surface area contributed by atoms with Crippen molar-refractivity contribution < 1.29 is 9.53 Å². The van der Waals surface area contributed by atoms with Gasteiger partial charge in [0.2, 0.25) is 0 Å². The predicted octanol–water partition coefficient (Wildman–Crippen LogP) is 2.66. The number of carbonyl (C=O) groups excluding carboxylic acids is 1. The van der Waals surface area contributed by atoms with Gasteiger partial charge in [-0.15, -0.1) is 0 Å². The van der Waals surface area contributed by atoms with E-state index in [9.17, 15) is 4.79 Å². The van der Waals surface area contributed by atoms with Crippen LogP contribution in [0.3, 0.4) is 0 Å². The van der Waals surface area contributed by atoms with E-state index in [2.05, 4.69) is 5.32 Å². The first kappa shape index (κ1) is 16.7. The van der Waals surface area contributed by atoms with E-state index >= 15 is 0 Å². The highest BCUT2D eigenvalue weighted by atomic mass is 35.5. The Balaban J connectivity index is 2.57. The Morgan fingerprint density at radius 1 is 1.45 bits per heavy atom. The van der Waals surface area contributed by atoms with Gasteiger partial charge in [-0.25, -0.2) is 0 Å². The van der Waals surface area contributed by atoms with Crippen molar-refractivity contribution in [3.05, 3.63) is 28.8 Å². The van der Waals surface area contributed by atoms with Crippen LogP contribution < -0.4 is 15.8 Å². The fourth-order valence-electron chi connectivity index (χ4n) is 1.68. The van der Waals surface area contributed by atoms with Gasteiger partial charge in [-0.2, -0.15) is 0 Å². The van der Waals surface area contributed by atoms with E-state index in [1.165, 1.54) is 0 Å². The zero-order chi connectivity index (χ0) is 15.1. The van der Waals surface area contributed by atoms with Crippen molar-refractivity contribution in [2.24, 2.45) is 5.73 Å². The molecule has 0 aliphatic rings. The van der Waals surface area contributed by atoms with Crippen molar-refractivity contribution in [1.82, 2.24) is 5.32 Å². The first-order valence-corrected chi connectivity index (χ1v) is 7.28. The van der Waals surface area contributed by atoms with Crippen molar-refractivity contribution in [3.63, 3.8) is 0 Å². The van der Waals surface area contributed by atoms with Crippen LogP contribution in [0.4, 0.5) is 0 Å². The Kier molecular flexibility index (Phi) is 6.75. The molecule has 0 radical (unpaired) electrons. The molecule has 0 spiro atoms. The fraction of sp³-hybridized carbons (Fsp3) is 0.429. The number of hydrogen-bond donors (Lipinski definition) is 2. The van der Waals surface area contributed by atoms with Gasteiger partial charge in [0, 0.05) is 11.6 Å². The summed E-state index contributed by atoms with van der Waals surface area (Å²) in [5, 5.41) is 3.27. The summed E-state index contributed by atoms with van der Waals surface area (Å²) in [5.41, 5.74) is 6.17. The zero-order valence-electron chi connectivity index (χ0n) is 11.6. The summed E-state index contributed by atoms with van der Waals surface area (Å²) in [7, 11) is 0. The zero-order valence-corrected chi connectivity index (χ0v) is 13.2. The van der Waals surface area contributed by atoms with E-state index in [0.29, 0.717) is 16.3 Å². The summed E-state index contributed by atoms with van der Waals surface area (Å²) < 4.78 is 5.40. The highest BCUT2D eigenvalue weighted by Crippen LogP contribution is 2.25. The lowest BCUT2D eigenvalue weighted by Crippen LogP contribution is -2.37. The van der Waals surface area contributed by atoms with Gasteiger partial charge < -0.3 is 15.8 Å². The average molecular weight is 315 g/mol. The Hall–Kier alpha value is -1.33. The second kappa shape index (κ2) is 8.07. The van der Waals surface area contributed by atoms with Gasteiger partial charge in [-0.05, 0) is 31.0 Å². The summed E-state index contributed by atoms with van der Waals surface area (Å²) in [6.45, 7) is 3.99. The predicted molar refractivity (Wildman–Crippen MR) is 85.3 cm³/mol. The molecule has 0 unspecified atom stereocenters. The van der Waals surface area contributed by atoms with Gasteiger partial charge in [0.1, 0.15) is 10.7 Å². The number of carbonyl (C=O) groups is 1. The van der Waals surface area contributed by atoms with Crippen LogP contribution in [0.2, 0.25) is 5.02 Å². The normalized spacial score (nSPS) is 10.4. The van der Waals surface area contributed by atoms with E-state index in [-0.39, 0.29) is 23.5 Å². The molecule has 1 rings (SSSR count). The third-order valence-electron chi connectivity index (χ3n) is 2.93. The van der Waals surface area contributed by atoms with Gasteiger partial charge in [0.15, 0.2) is 6.61 Å². The first-order valence-electron chi connectivity index (χ1n) is 6.49.